The maximum atomic E-state index is 4.81. The van der Waals surface area contributed by atoms with Gasteiger partial charge in [0.2, 0.25) is 0 Å². The molecular weight excluding hydrogens is 288 g/mol. The fourth-order valence-corrected chi connectivity index (χ4v) is 5.19. The first kappa shape index (κ1) is 13.7. The van der Waals surface area contributed by atoms with E-state index in [0.717, 1.165) is 10.4 Å². The molecule has 0 heterocycles. The fraction of sp³-hybridized carbons (Fsp3) is 0. The summed E-state index contributed by atoms with van der Waals surface area (Å²) >= 11 is 9.62. The molecule has 0 radical (unpaired) electrons. The molecule has 0 aromatic heterocycles. The quantitative estimate of drug-likeness (QED) is 0.492. The van der Waals surface area contributed by atoms with Crippen LogP contribution in [0.3, 0.4) is 0 Å². The third kappa shape index (κ3) is 2.82. The Labute approximate surface area is 123 Å². The molecule has 0 aliphatic heterocycles. The molecule has 0 bridgehead atoms. The van der Waals surface area contributed by atoms with E-state index in [9.17, 15) is 0 Å². The van der Waals surface area contributed by atoms with Crippen molar-refractivity contribution in [1.82, 2.24) is 0 Å². The van der Waals surface area contributed by atoms with E-state index in [4.69, 9.17) is 24.4 Å². The monoisotopic (exact) mass is 298 g/mol. The molecule has 0 saturated carbocycles. The molecule has 0 N–H and O–H groups in total. The highest BCUT2D eigenvalue weighted by atomic mass is 32.1. The first-order valence-electron chi connectivity index (χ1n) is 5.62. The summed E-state index contributed by atoms with van der Waals surface area (Å²) < 4.78 is 8.79. The number of isothiocyanates is 2. The van der Waals surface area contributed by atoms with Crippen molar-refractivity contribution in [2.24, 2.45) is 9.32 Å². The van der Waals surface area contributed by atoms with Gasteiger partial charge in [0.05, 0.1) is 10.3 Å². The van der Waals surface area contributed by atoms with Crippen molar-refractivity contribution in [2.45, 2.75) is 0 Å². The average Bonchev–Trinajstić information content (AvgIpc) is 2.49. The molecule has 2 rings (SSSR count). The zero-order valence-electron chi connectivity index (χ0n) is 9.98. The van der Waals surface area contributed by atoms with Crippen LogP contribution in [0.2, 0.25) is 0 Å². The van der Waals surface area contributed by atoms with Crippen LogP contribution >= 0.6 is 24.4 Å². The van der Waals surface area contributed by atoms with Crippen molar-refractivity contribution in [3.63, 3.8) is 0 Å². The number of nitrogens with zero attached hydrogens (tertiary/aromatic N) is 2. The minimum Gasteiger partial charge on any atom is -0.234 e. The Bertz CT molecular complexity index is 586. The van der Waals surface area contributed by atoms with E-state index < -0.39 is 8.40 Å². The first-order valence-corrected chi connectivity index (χ1v) is 8.33. The molecule has 19 heavy (non-hydrogen) atoms. The van der Waals surface area contributed by atoms with Gasteiger partial charge in [0.15, 0.2) is 0 Å². The van der Waals surface area contributed by atoms with E-state index in [2.05, 4.69) is 19.6 Å². The molecule has 0 fully saturated rings. The summed E-state index contributed by atoms with van der Waals surface area (Å²) in [6, 6.07) is 19.7. The highest BCUT2D eigenvalue weighted by Crippen LogP contribution is 2.08. The predicted molar refractivity (Wildman–Crippen MR) is 88.0 cm³/mol. The summed E-state index contributed by atoms with van der Waals surface area (Å²) in [7, 11) is -2.73. The van der Waals surface area contributed by atoms with E-state index in [1.807, 2.05) is 60.7 Å². The lowest BCUT2D eigenvalue weighted by Crippen LogP contribution is -2.55. The lowest BCUT2D eigenvalue weighted by molar-refractivity contribution is 1.55. The Balaban J connectivity index is 2.75. The van der Waals surface area contributed by atoms with E-state index in [1.165, 1.54) is 0 Å². The third-order valence-corrected chi connectivity index (χ3v) is 6.42. The van der Waals surface area contributed by atoms with Crippen LogP contribution in [-0.2, 0) is 0 Å². The molecule has 0 aliphatic rings. The molecule has 2 nitrogen and oxygen atoms in total. The number of hydrogen-bond donors (Lipinski definition) is 0. The van der Waals surface area contributed by atoms with Crippen LogP contribution in [0.5, 0.6) is 0 Å². The van der Waals surface area contributed by atoms with Gasteiger partial charge in [-0.05, 0) is 34.8 Å². The molecule has 0 aliphatic carbocycles. The Kier molecular flexibility index (Phi) is 4.63. The minimum absolute atomic E-state index is 1.01. The zero-order chi connectivity index (χ0) is 13.6. The summed E-state index contributed by atoms with van der Waals surface area (Å²) in [4.78, 5) is 0. The van der Waals surface area contributed by atoms with Gasteiger partial charge in [-0.2, -0.15) is 0 Å². The normalized spacial score (nSPS) is 10.1. The number of benzene rings is 2. The molecule has 2 aromatic carbocycles. The van der Waals surface area contributed by atoms with Crippen LogP contribution in [0.4, 0.5) is 0 Å². The zero-order valence-corrected chi connectivity index (χ0v) is 12.6. The lowest BCUT2D eigenvalue weighted by Gasteiger charge is -2.20. The van der Waals surface area contributed by atoms with Gasteiger partial charge < -0.3 is 0 Å². The van der Waals surface area contributed by atoms with Crippen LogP contribution < -0.4 is 10.4 Å². The van der Waals surface area contributed by atoms with Crippen molar-refractivity contribution < 1.29 is 0 Å². The standard InChI is InChI=1S/C14H10N2S2Si/c17-11-15-19(16-12-18,13-7-3-1-4-8-13)14-9-5-2-6-10-14/h1-10H. The van der Waals surface area contributed by atoms with Crippen LogP contribution in [0.25, 0.3) is 0 Å². The van der Waals surface area contributed by atoms with Gasteiger partial charge in [0, 0.05) is 0 Å². The Morgan fingerprint density at radius 1 is 0.684 bits per heavy atom. The summed E-state index contributed by atoms with van der Waals surface area (Å²) in [5.74, 6) is 0. The van der Waals surface area contributed by atoms with Crippen molar-refractivity contribution in [2.75, 3.05) is 0 Å². The molecular formula is C14H10N2S2Si. The van der Waals surface area contributed by atoms with Crippen LogP contribution in [-0.4, -0.2) is 18.7 Å². The average molecular weight is 298 g/mol. The molecule has 0 atom stereocenters. The maximum absolute atomic E-state index is 4.81. The summed E-state index contributed by atoms with van der Waals surface area (Å²) in [6.45, 7) is 0. The van der Waals surface area contributed by atoms with E-state index in [-0.39, 0.29) is 0 Å². The van der Waals surface area contributed by atoms with Gasteiger partial charge in [-0.15, -0.1) is 0 Å². The second kappa shape index (κ2) is 6.43. The van der Waals surface area contributed by atoms with Gasteiger partial charge in [0.1, 0.15) is 0 Å². The van der Waals surface area contributed by atoms with Gasteiger partial charge in [-0.3, -0.25) is 0 Å². The number of hydrogen-bond acceptors (Lipinski definition) is 4. The largest absolute Gasteiger partial charge is 0.387 e. The molecule has 0 unspecified atom stereocenters. The number of thiocarbonyl (C=S) groups is 2. The molecule has 92 valence electrons. The molecule has 2 aromatic rings. The summed E-state index contributed by atoms with van der Waals surface area (Å²) in [5.41, 5.74) is 0. The van der Waals surface area contributed by atoms with Crippen molar-refractivity contribution in [1.29, 1.82) is 0 Å². The highest BCUT2D eigenvalue weighted by molar-refractivity contribution is 7.78. The van der Waals surface area contributed by atoms with Gasteiger partial charge in [0.25, 0.3) is 0 Å². The van der Waals surface area contributed by atoms with E-state index in [1.54, 1.807) is 0 Å². The smallest absolute Gasteiger partial charge is 0.234 e. The van der Waals surface area contributed by atoms with Crippen molar-refractivity contribution in [3.8, 4) is 0 Å². The predicted octanol–water partition coefficient (Wildman–Crippen LogP) is 2.45. The van der Waals surface area contributed by atoms with E-state index in [0.29, 0.717) is 0 Å². The molecule has 5 heteroatoms. The SMILES string of the molecule is S=C=N[Si](N=C=S)(c1ccccc1)c1ccccc1. The Morgan fingerprint density at radius 2 is 1.05 bits per heavy atom. The second-order valence-electron chi connectivity index (χ2n) is 3.81. The maximum Gasteiger partial charge on any atom is 0.387 e. The lowest BCUT2D eigenvalue weighted by atomic mass is 10.4. The minimum atomic E-state index is -2.73. The van der Waals surface area contributed by atoms with Crippen LogP contribution in [0.1, 0.15) is 0 Å². The Morgan fingerprint density at radius 3 is 1.37 bits per heavy atom. The van der Waals surface area contributed by atoms with Crippen molar-refractivity contribution in [3.05, 3.63) is 60.7 Å². The summed E-state index contributed by atoms with van der Waals surface area (Å²) in [6.07, 6.45) is 0. The topological polar surface area (TPSA) is 24.7 Å². The van der Waals surface area contributed by atoms with Gasteiger partial charge >= 0.3 is 8.40 Å². The number of rotatable bonds is 4. The molecule has 0 spiro atoms. The van der Waals surface area contributed by atoms with Gasteiger partial charge in [-0.25, -0.2) is 9.32 Å². The van der Waals surface area contributed by atoms with E-state index >= 15 is 0 Å². The van der Waals surface area contributed by atoms with Crippen LogP contribution in [0, 0.1) is 0 Å². The van der Waals surface area contributed by atoms with Gasteiger partial charge in [-0.1, -0.05) is 60.7 Å². The molecule has 0 amide bonds. The highest BCUT2D eigenvalue weighted by Gasteiger charge is 2.38. The molecule has 0 saturated heterocycles. The Hall–Kier alpha value is -1.74. The van der Waals surface area contributed by atoms with Crippen molar-refractivity contribution >= 4 is 53.5 Å². The summed E-state index contributed by atoms with van der Waals surface area (Å²) in [5, 5.41) is 6.98. The fourth-order valence-electron chi connectivity index (χ4n) is 1.92. The second-order valence-corrected chi connectivity index (χ2v) is 7.12. The third-order valence-electron chi connectivity index (χ3n) is 2.77. The first-order chi connectivity index (χ1) is 9.33. The van der Waals surface area contributed by atoms with Crippen LogP contribution in [0.15, 0.2) is 70.0 Å².